The first-order valence-electron chi connectivity index (χ1n) is 8.96. The van der Waals surface area contributed by atoms with Gasteiger partial charge in [0.05, 0.1) is 13.0 Å². The molecule has 1 aromatic rings. The van der Waals surface area contributed by atoms with Gasteiger partial charge in [0, 0.05) is 38.5 Å². The van der Waals surface area contributed by atoms with Gasteiger partial charge in [-0.05, 0) is 43.7 Å². The lowest BCUT2D eigenvalue weighted by Crippen LogP contribution is -2.41. The maximum absolute atomic E-state index is 12.1. The molecule has 0 aromatic heterocycles. The van der Waals surface area contributed by atoms with E-state index in [2.05, 4.69) is 29.2 Å². The highest BCUT2D eigenvalue weighted by atomic mass is 16.5. The topological polar surface area (TPSA) is 32.8 Å². The van der Waals surface area contributed by atoms with Crippen molar-refractivity contribution in [3.05, 3.63) is 29.8 Å². The average molecular weight is 316 g/mol. The normalized spacial score (nSPS) is 18.3. The molecule has 0 bridgehead atoms. The van der Waals surface area contributed by atoms with Crippen molar-refractivity contribution in [2.24, 2.45) is 5.92 Å². The Labute approximate surface area is 139 Å². The molecule has 4 nitrogen and oxygen atoms in total. The van der Waals surface area contributed by atoms with E-state index in [1.165, 1.54) is 17.7 Å². The Morgan fingerprint density at radius 1 is 1.22 bits per heavy atom. The fourth-order valence-corrected chi connectivity index (χ4v) is 3.73. The van der Waals surface area contributed by atoms with E-state index in [-0.39, 0.29) is 5.91 Å². The highest BCUT2D eigenvalue weighted by Crippen LogP contribution is 2.30. The predicted octanol–water partition coefficient (Wildman–Crippen LogP) is 2.71. The van der Waals surface area contributed by atoms with Crippen LogP contribution in [0.25, 0.3) is 0 Å². The summed E-state index contributed by atoms with van der Waals surface area (Å²) in [5.41, 5.74) is 2.90. The van der Waals surface area contributed by atoms with E-state index in [1.54, 1.807) is 0 Å². The standard InChI is InChI=1S/C19H28N2O2/c1-2-23-14-10-19(22)20-11-7-16(8-12-20)15-21-13-9-17-5-3-4-6-18(17)21/h3-6,16H,2,7-15H2,1H3. The van der Waals surface area contributed by atoms with E-state index in [0.29, 0.717) is 25.6 Å². The molecule has 0 atom stereocenters. The molecule has 1 aromatic carbocycles. The van der Waals surface area contributed by atoms with Crippen LogP contribution in [0, 0.1) is 5.92 Å². The highest BCUT2D eigenvalue weighted by Gasteiger charge is 2.26. The number of hydrogen-bond donors (Lipinski definition) is 0. The van der Waals surface area contributed by atoms with E-state index >= 15 is 0 Å². The molecular formula is C19H28N2O2. The van der Waals surface area contributed by atoms with Gasteiger partial charge in [-0.1, -0.05) is 18.2 Å². The largest absolute Gasteiger partial charge is 0.381 e. The second-order valence-corrected chi connectivity index (χ2v) is 6.60. The minimum absolute atomic E-state index is 0.253. The zero-order valence-corrected chi connectivity index (χ0v) is 14.2. The third kappa shape index (κ3) is 4.05. The summed E-state index contributed by atoms with van der Waals surface area (Å²) in [5, 5.41) is 0. The number of likely N-dealkylation sites (tertiary alicyclic amines) is 1. The maximum Gasteiger partial charge on any atom is 0.224 e. The molecule has 23 heavy (non-hydrogen) atoms. The first kappa shape index (κ1) is 16.3. The Balaban J connectivity index is 1.44. The molecule has 0 aliphatic carbocycles. The molecule has 2 heterocycles. The number of piperidine rings is 1. The van der Waals surface area contributed by atoms with Gasteiger partial charge in [0.2, 0.25) is 5.91 Å². The number of carbonyl (C=O) groups is 1. The van der Waals surface area contributed by atoms with E-state index in [1.807, 2.05) is 11.8 Å². The van der Waals surface area contributed by atoms with Crippen LogP contribution in [0.15, 0.2) is 24.3 Å². The number of ether oxygens (including phenoxy) is 1. The summed E-state index contributed by atoms with van der Waals surface area (Å²) in [6.07, 6.45) is 3.95. The van der Waals surface area contributed by atoms with Crippen molar-refractivity contribution in [3.63, 3.8) is 0 Å². The molecule has 126 valence electrons. The number of carbonyl (C=O) groups excluding carboxylic acids is 1. The van der Waals surface area contributed by atoms with Gasteiger partial charge in [0.15, 0.2) is 0 Å². The number of hydrogen-bond acceptors (Lipinski definition) is 3. The van der Waals surface area contributed by atoms with Crippen LogP contribution in [-0.4, -0.2) is 50.2 Å². The first-order chi connectivity index (χ1) is 11.3. The summed E-state index contributed by atoms with van der Waals surface area (Å²) in [7, 11) is 0. The quantitative estimate of drug-likeness (QED) is 0.757. The molecule has 2 aliphatic rings. The van der Waals surface area contributed by atoms with Crippen LogP contribution >= 0.6 is 0 Å². The molecule has 3 rings (SSSR count). The average Bonchev–Trinajstić information content (AvgIpc) is 2.99. The molecular weight excluding hydrogens is 288 g/mol. The minimum Gasteiger partial charge on any atom is -0.381 e. The Hall–Kier alpha value is -1.55. The second kappa shape index (κ2) is 7.82. The molecule has 0 saturated carbocycles. The lowest BCUT2D eigenvalue weighted by atomic mass is 9.96. The third-order valence-electron chi connectivity index (χ3n) is 5.09. The number of fused-ring (bicyclic) bond motifs is 1. The van der Waals surface area contributed by atoms with E-state index in [4.69, 9.17) is 4.74 Å². The molecule has 4 heteroatoms. The van der Waals surface area contributed by atoms with Crippen molar-refractivity contribution >= 4 is 11.6 Å². The van der Waals surface area contributed by atoms with E-state index in [0.717, 1.165) is 39.0 Å². The zero-order chi connectivity index (χ0) is 16.1. The molecule has 2 aliphatic heterocycles. The van der Waals surface area contributed by atoms with E-state index < -0.39 is 0 Å². The number of amides is 1. The van der Waals surface area contributed by atoms with Crippen LogP contribution in [0.3, 0.4) is 0 Å². The van der Waals surface area contributed by atoms with Gasteiger partial charge in [-0.15, -0.1) is 0 Å². The van der Waals surface area contributed by atoms with Gasteiger partial charge < -0.3 is 14.5 Å². The second-order valence-electron chi connectivity index (χ2n) is 6.60. The monoisotopic (exact) mass is 316 g/mol. The number of nitrogens with zero attached hydrogens (tertiary/aromatic N) is 2. The Morgan fingerprint density at radius 2 is 2.00 bits per heavy atom. The van der Waals surface area contributed by atoms with Gasteiger partial charge in [-0.2, -0.15) is 0 Å². The molecule has 0 radical (unpaired) electrons. The summed E-state index contributed by atoms with van der Waals surface area (Å²) < 4.78 is 5.28. The smallest absolute Gasteiger partial charge is 0.224 e. The van der Waals surface area contributed by atoms with Crippen LogP contribution in [0.5, 0.6) is 0 Å². The van der Waals surface area contributed by atoms with Gasteiger partial charge in [-0.3, -0.25) is 4.79 Å². The molecule has 0 N–H and O–H groups in total. The summed E-state index contributed by atoms with van der Waals surface area (Å²) >= 11 is 0. The van der Waals surface area contributed by atoms with Crippen LogP contribution < -0.4 is 4.90 Å². The predicted molar refractivity (Wildman–Crippen MR) is 92.8 cm³/mol. The lowest BCUT2D eigenvalue weighted by molar-refractivity contribution is -0.133. The summed E-state index contributed by atoms with van der Waals surface area (Å²) in [6.45, 7) is 7.31. The molecule has 0 unspecified atom stereocenters. The SMILES string of the molecule is CCOCCC(=O)N1CCC(CN2CCc3ccccc32)CC1. The summed E-state index contributed by atoms with van der Waals surface area (Å²) in [6, 6.07) is 8.76. The van der Waals surface area contributed by atoms with Gasteiger partial charge in [0.25, 0.3) is 0 Å². The number of benzene rings is 1. The van der Waals surface area contributed by atoms with E-state index in [9.17, 15) is 4.79 Å². The van der Waals surface area contributed by atoms with Gasteiger partial charge in [-0.25, -0.2) is 0 Å². The Bertz CT molecular complexity index is 524. The molecule has 1 fully saturated rings. The molecule has 0 spiro atoms. The lowest BCUT2D eigenvalue weighted by Gasteiger charge is -2.34. The summed E-state index contributed by atoms with van der Waals surface area (Å²) in [4.78, 5) is 16.7. The Morgan fingerprint density at radius 3 is 2.78 bits per heavy atom. The maximum atomic E-state index is 12.1. The fraction of sp³-hybridized carbons (Fsp3) is 0.632. The summed E-state index contributed by atoms with van der Waals surface area (Å²) in [5.74, 6) is 0.959. The van der Waals surface area contributed by atoms with Crippen LogP contribution in [0.4, 0.5) is 5.69 Å². The van der Waals surface area contributed by atoms with Crippen molar-refractivity contribution in [2.45, 2.75) is 32.6 Å². The molecule has 1 saturated heterocycles. The molecule has 1 amide bonds. The fourth-order valence-electron chi connectivity index (χ4n) is 3.73. The number of rotatable bonds is 6. The Kier molecular flexibility index (Phi) is 5.55. The minimum atomic E-state index is 0.253. The van der Waals surface area contributed by atoms with Crippen molar-refractivity contribution < 1.29 is 9.53 Å². The number of anilines is 1. The third-order valence-corrected chi connectivity index (χ3v) is 5.09. The first-order valence-corrected chi connectivity index (χ1v) is 8.96. The van der Waals surface area contributed by atoms with Crippen molar-refractivity contribution in [1.29, 1.82) is 0 Å². The highest BCUT2D eigenvalue weighted by molar-refractivity contribution is 5.76. The van der Waals surface area contributed by atoms with Gasteiger partial charge in [0.1, 0.15) is 0 Å². The van der Waals surface area contributed by atoms with Crippen LogP contribution in [-0.2, 0) is 16.0 Å². The van der Waals surface area contributed by atoms with Crippen molar-refractivity contribution in [3.8, 4) is 0 Å². The van der Waals surface area contributed by atoms with Crippen molar-refractivity contribution in [1.82, 2.24) is 4.90 Å². The zero-order valence-electron chi connectivity index (χ0n) is 14.2. The van der Waals surface area contributed by atoms with Crippen LogP contribution in [0.2, 0.25) is 0 Å². The van der Waals surface area contributed by atoms with Crippen LogP contribution in [0.1, 0.15) is 31.7 Å². The number of para-hydroxylation sites is 1. The van der Waals surface area contributed by atoms with Crippen molar-refractivity contribution in [2.75, 3.05) is 44.3 Å². The van der Waals surface area contributed by atoms with Gasteiger partial charge >= 0.3 is 0 Å².